The summed E-state index contributed by atoms with van der Waals surface area (Å²) in [6, 6.07) is 6.77. The molecule has 116 valence electrons. The number of nitrogens with zero attached hydrogens (tertiary/aromatic N) is 2. The van der Waals surface area contributed by atoms with Crippen LogP contribution in [0, 0.1) is 0 Å². The number of para-hydroxylation sites is 1. The molecule has 3 rings (SSSR count). The third-order valence-electron chi connectivity index (χ3n) is 4.34. The topological polar surface area (TPSA) is 77.9 Å². The summed E-state index contributed by atoms with van der Waals surface area (Å²) in [4.78, 5) is 38.7. The second-order valence-corrected chi connectivity index (χ2v) is 5.69. The first-order valence-electron chi connectivity index (χ1n) is 7.48. The molecule has 0 aliphatic carbocycles. The molecule has 1 atom stereocenters. The number of anilines is 1. The average molecular weight is 302 g/mol. The van der Waals surface area contributed by atoms with Gasteiger partial charge in [-0.15, -0.1) is 0 Å². The molecule has 1 saturated heterocycles. The zero-order chi connectivity index (χ0) is 15.7. The van der Waals surface area contributed by atoms with Crippen molar-refractivity contribution in [3.05, 3.63) is 29.8 Å². The second kappa shape index (κ2) is 5.79. The molecule has 1 aromatic rings. The number of aliphatic carboxylic acids is 1. The molecule has 0 spiro atoms. The predicted molar refractivity (Wildman–Crippen MR) is 79.5 cm³/mol. The van der Waals surface area contributed by atoms with Crippen molar-refractivity contribution in [2.24, 2.45) is 0 Å². The molecule has 22 heavy (non-hydrogen) atoms. The number of aryl methyl sites for hydroxylation is 1. The standard InChI is InChI=1S/C16H18N2O4/c19-14-8-7-11-4-1-2-5-12(11)18(14)10-15(20)17-9-3-6-13(17)16(21)22/h1-2,4-5,13H,3,6-10H2,(H,21,22)/t13-/m0/s1. The summed E-state index contributed by atoms with van der Waals surface area (Å²) in [6.45, 7) is 0.360. The van der Waals surface area contributed by atoms with Crippen LogP contribution in [-0.2, 0) is 20.8 Å². The molecule has 1 aromatic carbocycles. The third kappa shape index (κ3) is 2.56. The number of carboxylic acids is 1. The van der Waals surface area contributed by atoms with E-state index in [1.54, 1.807) is 0 Å². The number of carbonyl (C=O) groups is 3. The third-order valence-corrected chi connectivity index (χ3v) is 4.34. The molecular formula is C16H18N2O4. The van der Waals surface area contributed by atoms with E-state index in [-0.39, 0.29) is 18.4 Å². The van der Waals surface area contributed by atoms with Gasteiger partial charge in [0.05, 0.1) is 0 Å². The maximum absolute atomic E-state index is 12.5. The van der Waals surface area contributed by atoms with Crippen LogP contribution in [0.5, 0.6) is 0 Å². The Bertz CT molecular complexity index is 628. The summed E-state index contributed by atoms with van der Waals surface area (Å²) in [5, 5.41) is 9.17. The van der Waals surface area contributed by atoms with E-state index < -0.39 is 12.0 Å². The highest BCUT2D eigenvalue weighted by Gasteiger charge is 2.36. The second-order valence-electron chi connectivity index (χ2n) is 5.69. The Kier molecular flexibility index (Phi) is 3.83. The minimum atomic E-state index is -0.976. The lowest BCUT2D eigenvalue weighted by Crippen LogP contribution is -2.48. The van der Waals surface area contributed by atoms with Crippen molar-refractivity contribution >= 4 is 23.5 Å². The number of benzene rings is 1. The zero-order valence-corrected chi connectivity index (χ0v) is 12.2. The van der Waals surface area contributed by atoms with Gasteiger partial charge in [0.15, 0.2) is 0 Å². The molecule has 0 saturated carbocycles. The Balaban J connectivity index is 1.79. The highest BCUT2D eigenvalue weighted by atomic mass is 16.4. The summed E-state index contributed by atoms with van der Waals surface area (Å²) in [7, 11) is 0. The number of carboxylic acid groups (broad SMARTS) is 1. The van der Waals surface area contributed by atoms with Gasteiger partial charge in [-0.2, -0.15) is 0 Å². The van der Waals surface area contributed by atoms with E-state index in [9.17, 15) is 19.5 Å². The minimum Gasteiger partial charge on any atom is -0.480 e. The Labute approximate surface area is 128 Å². The van der Waals surface area contributed by atoms with Gasteiger partial charge < -0.3 is 14.9 Å². The minimum absolute atomic E-state index is 0.0837. The highest BCUT2D eigenvalue weighted by Crippen LogP contribution is 2.28. The lowest BCUT2D eigenvalue weighted by atomic mass is 10.0. The van der Waals surface area contributed by atoms with E-state index >= 15 is 0 Å². The lowest BCUT2D eigenvalue weighted by Gasteiger charge is -2.31. The lowest BCUT2D eigenvalue weighted by molar-refractivity contribution is -0.147. The SMILES string of the molecule is O=C(O)[C@@H]1CCCN1C(=O)CN1C(=O)CCc2ccccc21. The van der Waals surface area contributed by atoms with Gasteiger partial charge in [0.25, 0.3) is 0 Å². The van der Waals surface area contributed by atoms with Crippen molar-refractivity contribution in [3.63, 3.8) is 0 Å². The van der Waals surface area contributed by atoms with Crippen molar-refractivity contribution in [3.8, 4) is 0 Å². The summed E-state index contributed by atoms with van der Waals surface area (Å²) in [5.74, 6) is -1.36. The number of amides is 2. The van der Waals surface area contributed by atoms with Crippen LogP contribution in [0.4, 0.5) is 5.69 Å². The molecule has 0 aromatic heterocycles. The molecule has 6 nitrogen and oxygen atoms in total. The molecule has 6 heteroatoms. The average Bonchev–Trinajstić information content (AvgIpc) is 3.00. The number of likely N-dealkylation sites (tertiary alicyclic amines) is 1. The maximum atomic E-state index is 12.5. The Morgan fingerprint density at radius 3 is 2.77 bits per heavy atom. The first-order chi connectivity index (χ1) is 10.6. The van der Waals surface area contributed by atoms with Crippen LogP contribution in [0.25, 0.3) is 0 Å². The van der Waals surface area contributed by atoms with Crippen LogP contribution < -0.4 is 4.90 Å². The van der Waals surface area contributed by atoms with Crippen molar-refractivity contribution < 1.29 is 19.5 Å². The smallest absolute Gasteiger partial charge is 0.326 e. The van der Waals surface area contributed by atoms with Gasteiger partial charge >= 0.3 is 5.97 Å². The van der Waals surface area contributed by atoms with Crippen molar-refractivity contribution in [2.75, 3.05) is 18.0 Å². The van der Waals surface area contributed by atoms with Crippen LogP contribution >= 0.6 is 0 Å². The fraction of sp³-hybridized carbons (Fsp3) is 0.438. The van der Waals surface area contributed by atoms with E-state index in [4.69, 9.17) is 0 Å². The summed E-state index contributed by atoms with van der Waals surface area (Å²) in [5.41, 5.74) is 1.81. The van der Waals surface area contributed by atoms with Crippen LogP contribution in [0.2, 0.25) is 0 Å². The predicted octanol–water partition coefficient (Wildman–Crippen LogP) is 1.04. The Hall–Kier alpha value is -2.37. The molecule has 2 amide bonds. The molecule has 1 fully saturated rings. The number of rotatable bonds is 3. The van der Waals surface area contributed by atoms with E-state index in [1.165, 1.54) is 9.80 Å². The summed E-state index contributed by atoms with van der Waals surface area (Å²) < 4.78 is 0. The number of hydrogen-bond donors (Lipinski definition) is 1. The molecule has 2 aliphatic heterocycles. The Morgan fingerprint density at radius 2 is 2.00 bits per heavy atom. The quantitative estimate of drug-likeness (QED) is 0.905. The van der Waals surface area contributed by atoms with Gasteiger partial charge in [0.2, 0.25) is 11.8 Å². The molecule has 2 aliphatic rings. The first-order valence-corrected chi connectivity index (χ1v) is 7.48. The van der Waals surface area contributed by atoms with Crippen molar-refractivity contribution in [1.29, 1.82) is 0 Å². The van der Waals surface area contributed by atoms with Gasteiger partial charge in [0, 0.05) is 18.7 Å². The van der Waals surface area contributed by atoms with E-state index in [2.05, 4.69) is 0 Å². The zero-order valence-electron chi connectivity index (χ0n) is 12.2. The van der Waals surface area contributed by atoms with E-state index in [1.807, 2.05) is 24.3 Å². The largest absolute Gasteiger partial charge is 0.480 e. The van der Waals surface area contributed by atoms with Crippen LogP contribution in [-0.4, -0.2) is 46.9 Å². The number of fused-ring (bicyclic) bond motifs is 1. The fourth-order valence-corrected chi connectivity index (χ4v) is 3.22. The van der Waals surface area contributed by atoms with Gasteiger partial charge in [-0.25, -0.2) is 4.79 Å². The first kappa shape index (κ1) is 14.6. The summed E-state index contributed by atoms with van der Waals surface area (Å²) >= 11 is 0. The molecule has 1 N–H and O–H groups in total. The number of carbonyl (C=O) groups excluding carboxylic acids is 2. The number of hydrogen-bond acceptors (Lipinski definition) is 3. The molecular weight excluding hydrogens is 284 g/mol. The van der Waals surface area contributed by atoms with Crippen molar-refractivity contribution in [1.82, 2.24) is 4.90 Å². The van der Waals surface area contributed by atoms with E-state index in [0.29, 0.717) is 32.2 Å². The van der Waals surface area contributed by atoms with Crippen LogP contribution in [0.3, 0.4) is 0 Å². The monoisotopic (exact) mass is 302 g/mol. The molecule has 0 radical (unpaired) electrons. The summed E-state index contributed by atoms with van der Waals surface area (Å²) in [6.07, 6.45) is 2.23. The Morgan fingerprint density at radius 1 is 1.23 bits per heavy atom. The van der Waals surface area contributed by atoms with Gasteiger partial charge in [-0.3, -0.25) is 9.59 Å². The molecule has 0 bridgehead atoms. The van der Waals surface area contributed by atoms with Gasteiger partial charge in [-0.05, 0) is 30.9 Å². The van der Waals surface area contributed by atoms with Crippen LogP contribution in [0.1, 0.15) is 24.8 Å². The molecule has 0 unspecified atom stereocenters. The molecule has 2 heterocycles. The van der Waals surface area contributed by atoms with E-state index in [0.717, 1.165) is 11.3 Å². The van der Waals surface area contributed by atoms with Gasteiger partial charge in [0.1, 0.15) is 12.6 Å². The highest BCUT2D eigenvalue weighted by molar-refractivity contribution is 6.01. The van der Waals surface area contributed by atoms with Crippen LogP contribution in [0.15, 0.2) is 24.3 Å². The fourth-order valence-electron chi connectivity index (χ4n) is 3.22. The van der Waals surface area contributed by atoms with Crippen molar-refractivity contribution in [2.45, 2.75) is 31.7 Å². The van der Waals surface area contributed by atoms with Gasteiger partial charge in [-0.1, -0.05) is 18.2 Å². The normalized spacial score (nSPS) is 20.9. The maximum Gasteiger partial charge on any atom is 0.326 e.